The maximum atomic E-state index is 11.5. The standard InChI is InChI=1S/C13H15BrN2O3/c1-8-2-5-11(10(14)6-8)19-7-12(17)16-13(18)15-9-3-4-9/h2,5-6,9H,3-4,7H2,1H3,(H2,15,16,17,18). The van der Waals surface area contributed by atoms with Crippen molar-refractivity contribution in [2.45, 2.75) is 25.8 Å². The number of nitrogens with one attached hydrogen (secondary N) is 2. The fraction of sp³-hybridized carbons (Fsp3) is 0.385. The zero-order valence-electron chi connectivity index (χ0n) is 10.5. The van der Waals surface area contributed by atoms with Gasteiger partial charge in [0.2, 0.25) is 0 Å². The minimum Gasteiger partial charge on any atom is -0.483 e. The molecule has 0 spiro atoms. The Labute approximate surface area is 119 Å². The van der Waals surface area contributed by atoms with Gasteiger partial charge in [0.1, 0.15) is 5.75 Å². The lowest BCUT2D eigenvalue weighted by molar-refractivity contribution is -0.122. The molecule has 2 N–H and O–H groups in total. The lowest BCUT2D eigenvalue weighted by Gasteiger charge is -2.09. The van der Waals surface area contributed by atoms with Gasteiger partial charge in [-0.25, -0.2) is 4.79 Å². The summed E-state index contributed by atoms with van der Waals surface area (Å²) in [6.45, 7) is 1.77. The number of aryl methyl sites for hydroxylation is 1. The minimum atomic E-state index is -0.467. The Balaban J connectivity index is 1.77. The molecular weight excluding hydrogens is 312 g/mol. The summed E-state index contributed by atoms with van der Waals surface area (Å²) in [7, 11) is 0. The van der Waals surface area contributed by atoms with Crippen LogP contribution in [0.3, 0.4) is 0 Å². The maximum absolute atomic E-state index is 11.5. The fourth-order valence-electron chi connectivity index (χ4n) is 1.48. The van der Waals surface area contributed by atoms with Crippen LogP contribution in [0.5, 0.6) is 5.75 Å². The van der Waals surface area contributed by atoms with Crippen molar-refractivity contribution in [3.8, 4) is 5.75 Å². The third kappa shape index (κ3) is 4.55. The van der Waals surface area contributed by atoms with Crippen molar-refractivity contribution in [3.63, 3.8) is 0 Å². The van der Waals surface area contributed by atoms with E-state index in [4.69, 9.17) is 4.74 Å². The molecule has 5 nitrogen and oxygen atoms in total. The van der Waals surface area contributed by atoms with Crippen LogP contribution in [0.1, 0.15) is 18.4 Å². The number of imide groups is 1. The highest BCUT2D eigenvalue weighted by Crippen LogP contribution is 2.25. The van der Waals surface area contributed by atoms with E-state index < -0.39 is 11.9 Å². The van der Waals surface area contributed by atoms with E-state index in [1.807, 2.05) is 19.1 Å². The number of hydrogen-bond acceptors (Lipinski definition) is 3. The topological polar surface area (TPSA) is 67.4 Å². The average Bonchev–Trinajstić information content (AvgIpc) is 3.11. The van der Waals surface area contributed by atoms with E-state index in [1.54, 1.807) is 6.07 Å². The van der Waals surface area contributed by atoms with Crippen LogP contribution < -0.4 is 15.4 Å². The van der Waals surface area contributed by atoms with E-state index in [2.05, 4.69) is 26.6 Å². The van der Waals surface area contributed by atoms with Crippen molar-refractivity contribution >= 4 is 27.9 Å². The molecule has 1 aliphatic rings. The SMILES string of the molecule is Cc1ccc(OCC(=O)NC(=O)NC2CC2)c(Br)c1. The second-order valence-electron chi connectivity index (χ2n) is 4.52. The number of halogens is 1. The summed E-state index contributed by atoms with van der Waals surface area (Å²) < 4.78 is 6.12. The number of rotatable bonds is 4. The first-order chi connectivity index (χ1) is 9.04. The number of carbonyl (C=O) groups is 2. The second kappa shape index (κ2) is 6.06. The normalized spacial score (nSPS) is 13.8. The molecular formula is C13H15BrN2O3. The van der Waals surface area contributed by atoms with Crippen LogP contribution in [0.4, 0.5) is 4.79 Å². The Kier molecular flexibility index (Phi) is 4.42. The number of amides is 3. The van der Waals surface area contributed by atoms with Crippen LogP contribution in [0.2, 0.25) is 0 Å². The van der Waals surface area contributed by atoms with Gasteiger partial charge in [-0.3, -0.25) is 10.1 Å². The quantitative estimate of drug-likeness (QED) is 0.890. The van der Waals surface area contributed by atoms with Crippen LogP contribution in [-0.4, -0.2) is 24.6 Å². The fourth-order valence-corrected chi connectivity index (χ4v) is 2.09. The molecule has 102 valence electrons. The first-order valence-corrected chi connectivity index (χ1v) is 6.83. The third-order valence-electron chi connectivity index (χ3n) is 2.61. The van der Waals surface area contributed by atoms with Crippen molar-refractivity contribution in [3.05, 3.63) is 28.2 Å². The zero-order valence-corrected chi connectivity index (χ0v) is 12.1. The van der Waals surface area contributed by atoms with Gasteiger partial charge in [0.15, 0.2) is 6.61 Å². The summed E-state index contributed by atoms with van der Waals surface area (Å²) in [6, 6.07) is 5.32. The molecule has 0 radical (unpaired) electrons. The van der Waals surface area contributed by atoms with Gasteiger partial charge in [0, 0.05) is 6.04 Å². The lowest BCUT2D eigenvalue weighted by atomic mass is 10.2. The molecule has 0 saturated heterocycles. The summed E-state index contributed by atoms with van der Waals surface area (Å²) in [5.74, 6) is 0.106. The molecule has 0 unspecified atom stereocenters. The molecule has 1 aromatic rings. The van der Waals surface area contributed by atoms with Crippen molar-refractivity contribution in [2.75, 3.05) is 6.61 Å². The molecule has 2 rings (SSSR count). The van der Waals surface area contributed by atoms with E-state index >= 15 is 0 Å². The largest absolute Gasteiger partial charge is 0.483 e. The summed E-state index contributed by atoms with van der Waals surface area (Å²) in [5.41, 5.74) is 1.09. The van der Waals surface area contributed by atoms with Crippen molar-refractivity contribution < 1.29 is 14.3 Å². The van der Waals surface area contributed by atoms with E-state index in [1.165, 1.54) is 0 Å². The molecule has 0 heterocycles. The molecule has 0 aliphatic heterocycles. The van der Waals surface area contributed by atoms with Crippen molar-refractivity contribution in [1.82, 2.24) is 10.6 Å². The highest BCUT2D eigenvalue weighted by atomic mass is 79.9. The molecule has 1 fully saturated rings. The van der Waals surface area contributed by atoms with Gasteiger partial charge in [-0.2, -0.15) is 0 Å². The summed E-state index contributed by atoms with van der Waals surface area (Å²) in [6.07, 6.45) is 1.96. The van der Waals surface area contributed by atoms with Crippen LogP contribution in [-0.2, 0) is 4.79 Å². The predicted octanol–water partition coefficient (Wildman–Crippen LogP) is 2.12. The van der Waals surface area contributed by atoms with E-state index in [0.717, 1.165) is 22.9 Å². The molecule has 1 aromatic carbocycles. The molecule has 6 heteroatoms. The van der Waals surface area contributed by atoms with Gasteiger partial charge in [0.25, 0.3) is 5.91 Å². The van der Waals surface area contributed by atoms with Gasteiger partial charge in [0.05, 0.1) is 4.47 Å². The highest BCUT2D eigenvalue weighted by Gasteiger charge is 2.23. The Morgan fingerprint density at radius 2 is 2.16 bits per heavy atom. The van der Waals surface area contributed by atoms with Gasteiger partial charge in [-0.15, -0.1) is 0 Å². The van der Waals surface area contributed by atoms with Crippen LogP contribution >= 0.6 is 15.9 Å². The van der Waals surface area contributed by atoms with Gasteiger partial charge < -0.3 is 10.1 Å². The zero-order chi connectivity index (χ0) is 13.8. The Morgan fingerprint density at radius 3 is 2.79 bits per heavy atom. The van der Waals surface area contributed by atoms with Crippen molar-refractivity contribution in [1.29, 1.82) is 0 Å². The van der Waals surface area contributed by atoms with Gasteiger partial charge in [-0.1, -0.05) is 6.07 Å². The minimum absolute atomic E-state index is 0.195. The maximum Gasteiger partial charge on any atom is 0.321 e. The van der Waals surface area contributed by atoms with E-state index in [-0.39, 0.29) is 12.6 Å². The van der Waals surface area contributed by atoms with Crippen molar-refractivity contribution in [2.24, 2.45) is 0 Å². The first kappa shape index (κ1) is 13.9. The number of hydrogen-bond donors (Lipinski definition) is 2. The number of carbonyl (C=O) groups excluding carboxylic acids is 2. The molecule has 0 atom stereocenters. The monoisotopic (exact) mass is 326 g/mol. The average molecular weight is 327 g/mol. The van der Waals surface area contributed by atoms with E-state index in [0.29, 0.717) is 5.75 Å². The molecule has 0 aromatic heterocycles. The van der Waals surface area contributed by atoms with Gasteiger partial charge >= 0.3 is 6.03 Å². The van der Waals surface area contributed by atoms with Crippen LogP contribution in [0.15, 0.2) is 22.7 Å². The van der Waals surface area contributed by atoms with Crippen LogP contribution in [0.25, 0.3) is 0 Å². The van der Waals surface area contributed by atoms with Crippen LogP contribution in [0, 0.1) is 6.92 Å². The lowest BCUT2D eigenvalue weighted by Crippen LogP contribution is -2.42. The molecule has 19 heavy (non-hydrogen) atoms. The smallest absolute Gasteiger partial charge is 0.321 e. The number of urea groups is 1. The summed E-state index contributed by atoms with van der Waals surface area (Å²) >= 11 is 3.35. The Bertz CT molecular complexity index is 501. The second-order valence-corrected chi connectivity index (χ2v) is 5.37. The Hall–Kier alpha value is -1.56. The Morgan fingerprint density at radius 1 is 1.42 bits per heavy atom. The number of benzene rings is 1. The molecule has 3 amide bonds. The molecule has 1 saturated carbocycles. The molecule has 1 aliphatic carbocycles. The first-order valence-electron chi connectivity index (χ1n) is 6.04. The predicted molar refractivity (Wildman–Crippen MR) is 74.1 cm³/mol. The van der Waals surface area contributed by atoms with Gasteiger partial charge in [-0.05, 0) is 53.4 Å². The van der Waals surface area contributed by atoms with E-state index in [9.17, 15) is 9.59 Å². The summed E-state index contributed by atoms with van der Waals surface area (Å²) in [5, 5.41) is 4.89. The molecule has 0 bridgehead atoms. The highest BCUT2D eigenvalue weighted by molar-refractivity contribution is 9.10. The third-order valence-corrected chi connectivity index (χ3v) is 3.23. The summed E-state index contributed by atoms with van der Waals surface area (Å²) in [4.78, 5) is 22.8. The number of ether oxygens (including phenoxy) is 1.